The van der Waals surface area contributed by atoms with Gasteiger partial charge in [-0.15, -0.1) is 0 Å². The molecule has 1 fully saturated rings. The Bertz CT molecular complexity index is 1090. The minimum Gasteiger partial charge on any atom is -0.338 e. The van der Waals surface area contributed by atoms with E-state index in [4.69, 9.17) is 5.26 Å². The van der Waals surface area contributed by atoms with Gasteiger partial charge in [0, 0.05) is 49.4 Å². The molecule has 0 aliphatic carbocycles. The summed E-state index contributed by atoms with van der Waals surface area (Å²) in [4.78, 5) is 27.4. The molecule has 3 aromatic heterocycles. The van der Waals surface area contributed by atoms with Gasteiger partial charge >= 0.3 is 0 Å². The summed E-state index contributed by atoms with van der Waals surface area (Å²) in [7, 11) is 0. The molecule has 0 spiro atoms. The summed E-state index contributed by atoms with van der Waals surface area (Å²) in [5.41, 5.74) is 1.31. The van der Waals surface area contributed by atoms with E-state index in [0.717, 1.165) is 5.56 Å². The molecule has 0 N–H and O–H groups in total. The molecule has 1 aliphatic rings. The third-order valence-corrected chi connectivity index (χ3v) is 5.36. The van der Waals surface area contributed by atoms with Gasteiger partial charge in [0.1, 0.15) is 17.4 Å². The molecule has 0 unspecified atom stereocenters. The number of rotatable bonds is 4. The maximum atomic E-state index is 15.4. The molecule has 6 nitrogen and oxygen atoms in total. The number of hydrogen-bond acceptors (Lipinski definition) is 5. The van der Waals surface area contributed by atoms with Gasteiger partial charge < -0.3 is 4.90 Å². The first-order chi connectivity index (χ1) is 14.6. The number of hydrogen-bond donors (Lipinski definition) is 0. The van der Waals surface area contributed by atoms with Gasteiger partial charge in [-0.3, -0.25) is 14.8 Å². The van der Waals surface area contributed by atoms with Crippen molar-refractivity contribution in [2.75, 3.05) is 13.1 Å². The van der Waals surface area contributed by atoms with Crippen molar-refractivity contribution in [3.05, 3.63) is 78.0 Å². The SMILES string of the molecule is N#Cc1cccc(CC2(F)CCN(C(=O)c3cccnc3-c3ccncc3)CC2)n1. The van der Waals surface area contributed by atoms with Gasteiger partial charge in [-0.05, 0) is 49.2 Å². The lowest BCUT2D eigenvalue weighted by atomic mass is 9.88. The highest BCUT2D eigenvalue weighted by Crippen LogP contribution is 2.31. The largest absolute Gasteiger partial charge is 0.338 e. The number of carbonyl (C=O) groups excluding carboxylic acids is 1. The van der Waals surface area contributed by atoms with Gasteiger partial charge in [0.05, 0.1) is 11.3 Å². The normalized spacial score (nSPS) is 15.4. The molecule has 30 heavy (non-hydrogen) atoms. The average Bonchev–Trinajstić information content (AvgIpc) is 2.79. The van der Waals surface area contributed by atoms with E-state index >= 15 is 4.39 Å². The van der Waals surface area contributed by atoms with E-state index in [9.17, 15) is 4.79 Å². The molecule has 0 aromatic carbocycles. The Labute approximate surface area is 174 Å². The highest BCUT2D eigenvalue weighted by molar-refractivity contribution is 5.99. The molecular weight excluding hydrogens is 381 g/mol. The number of aromatic nitrogens is 3. The van der Waals surface area contributed by atoms with Gasteiger partial charge in [0.25, 0.3) is 5.91 Å². The number of nitrogens with zero attached hydrogens (tertiary/aromatic N) is 5. The summed E-state index contributed by atoms with van der Waals surface area (Å²) in [5, 5.41) is 8.98. The average molecular weight is 401 g/mol. The van der Waals surface area contributed by atoms with E-state index in [2.05, 4.69) is 15.0 Å². The number of halogens is 1. The molecule has 4 heterocycles. The fourth-order valence-corrected chi connectivity index (χ4v) is 3.74. The lowest BCUT2D eigenvalue weighted by Gasteiger charge is -2.36. The Kier molecular flexibility index (Phi) is 5.48. The van der Waals surface area contributed by atoms with Crippen LogP contribution in [0.2, 0.25) is 0 Å². The van der Waals surface area contributed by atoms with Crippen molar-refractivity contribution in [1.82, 2.24) is 19.9 Å². The zero-order valence-corrected chi connectivity index (χ0v) is 16.3. The van der Waals surface area contributed by atoms with E-state index in [1.54, 1.807) is 53.8 Å². The summed E-state index contributed by atoms with van der Waals surface area (Å²) in [6.07, 6.45) is 5.55. The lowest BCUT2D eigenvalue weighted by molar-refractivity contribution is 0.0434. The fraction of sp³-hybridized carbons (Fsp3) is 0.261. The summed E-state index contributed by atoms with van der Waals surface area (Å²) >= 11 is 0. The zero-order valence-electron chi connectivity index (χ0n) is 16.3. The predicted molar refractivity (Wildman–Crippen MR) is 109 cm³/mol. The highest BCUT2D eigenvalue weighted by Gasteiger charge is 2.37. The minimum atomic E-state index is -1.44. The molecule has 0 saturated carbocycles. The highest BCUT2D eigenvalue weighted by atomic mass is 19.1. The summed E-state index contributed by atoms with van der Waals surface area (Å²) in [6, 6.07) is 14.1. The summed E-state index contributed by atoms with van der Waals surface area (Å²) in [6.45, 7) is 0.635. The second kappa shape index (κ2) is 8.37. The van der Waals surface area contributed by atoms with E-state index in [1.165, 1.54) is 0 Å². The van der Waals surface area contributed by atoms with Gasteiger partial charge in [-0.2, -0.15) is 5.26 Å². The van der Waals surface area contributed by atoms with E-state index < -0.39 is 5.67 Å². The van der Waals surface area contributed by atoms with Crippen LogP contribution in [0.1, 0.15) is 34.6 Å². The first-order valence-electron chi connectivity index (χ1n) is 9.78. The number of pyridine rings is 3. The van der Waals surface area contributed by atoms with Crippen LogP contribution in [0.25, 0.3) is 11.3 Å². The molecule has 1 aliphatic heterocycles. The van der Waals surface area contributed by atoms with Crippen LogP contribution in [0.15, 0.2) is 61.1 Å². The van der Waals surface area contributed by atoms with E-state index in [0.29, 0.717) is 30.0 Å². The first-order valence-corrected chi connectivity index (χ1v) is 9.78. The molecule has 7 heteroatoms. The minimum absolute atomic E-state index is 0.139. The second-order valence-corrected chi connectivity index (χ2v) is 7.38. The number of piperidine rings is 1. The number of alkyl halides is 1. The Morgan fingerprint density at radius 2 is 1.87 bits per heavy atom. The predicted octanol–water partition coefficient (Wildman–Crippen LogP) is 3.60. The molecule has 0 bridgehead atoms. The van der Waals surface area contributed by atoms with Crippen molar-refractivity contribution in [2.24, 2.45) is 0 Å². The number of likely N-dealkylation sites (tertiary alicyclic amines) is 1. The third-order valence-electron chi connectivity index (χ3n) is 5.36. The number of carbonyl (C=O) groups is 1. The van der Waals surface area contributed by atoms with Gasteiger partial charge in [-0.1, -0.05) is 6.07 Å². The molecule has 1 saturated heterocycles. The van der Waals surface area contributed by atoms with Crippen LogP contribution in [0.5, 0.6) is 0 Å². The molecule has 0 radical (unpaired) electrons. The van der Waals surface area contributed by atoms with Crippen molar-refractivity contribution in [3.63, 3.8) is 0 Å². The topological polar surface area (TPSA) is 82.8 Å². The Hall–Kier alpha value is -3.66. The molecule has 150 valence electrons. The van der Waals surface area contributed by atoms with Crippen LogP contribution in [0, 0.1) is 11.3 Å². The van der Waals surface area contributed by atoms with Crippen LogP contribution < -0.4 is 0 Å². The van der Waals surface area contributed by atoms with Crippen LogP contribution >= 0.6 is 0 Å². The van der Waals surface area contributed by atoms with Gasteiger partial charge in [0.15, 0.2) is 0 Å². The maximum absolute atomic E-state index is 15.4. The Morgan fingerprint density at radius 3 is 2.60 bits per heavy atom. The van der Waals surface area contributed by atoms with Crippen molar-refractivity contribution in [3.8, 4) is 17.3 Å². The monoisotopic (exact) mass is 401 g/mol. The lowest BCUT2D eigenvalue weighted by Crippen LogP contribution is -2.45. The molecule has 3 aromatic rings. The fourth-order valence-electron chi connectivity index (χ4n) is 3.74. The molecule has 0 atom stereocenters. The van der Waals surface area contributed by atoms with Crippen molar-refractivity contribution < 1.29 is 9.18 Å². The van der Waals surface area contributed by atoms with Crippen molar-refractivity contribution in [2.45, 2.75) is 24.9 Å². The van der Waals surface area contributed by atoms with Crippen molar-refractivity contribution in [1.29, 1.82) is 5.26 Å². The smallest absolute Gasteiger partial charge is 0.256 e. The zero-order chi connectivity index (χ0) is 21.0. The quantitative estimate of drug-likeness (QED) is 0.667. The molecule has 4 rings (SSSR count). The van der Waals surface area contributed by atoms with Crippen molar-refractivity contribution >= 4 is 5.91 Å². The summed E-state index contributed by atoms with van der Waals surface area (Å²) < 4.78 is 15.4. The van der Waals surface area contributed by atoms with Gasteiger partial charge in [-0.25, -0.2) is 9.37 Å². The molecular formula is C23H20FN5O. The van der Waals surface area contributed by atoms with Crippen LogP contribution in [-0.2, 0) is 6.42 Å². The Balaban J connectivity index is 1.47. The van der Waals surface area contributed by atoms with E-state index in [1.807, 2.05) is 18.2 Å². The summed E-state index contributed by atoms with van der Waals surface area (Å²) in [5.74, 6) is -0.151. The second-order valence-electron chi connectivity index (χ2n) is 7.38. The molecule has 1 amide bonds. The van der Waals surface area contributed by atoms with Crippen LogP contribution in [-0.4, -0.2) is 44.5 Å². The Morgan fingerprint density at radius 1 is 1.10 bits per heavy atom. The first kappa shape index (κ1) is 19.6. The maximum Gasteiger partial charge on any atom is 0.256 e. The van der Waals surface area contributed by atoms with Gasteiger partial charge in [0.2, 0.25) is 0 Å². The van der Waals surface area contributed by atoms with Crippen LogP contribution in [0.3, 0.4) is 0 Å². The van der Waals surface area contributed by atoms with Crippen LogP contribution in [0.4, 0.5) is 4.39 Å². The third kappa shape index (κ3) is 4.18. The van der Waals surface area contributed by atoms with E-state index in [-0.39, 0.29) is 30.9 Å². The number of amides is 1. The standard InChI is InChI=1S/C23H20FN5O/c24-23(15-18-3-1-4-19(16-25)28-18)8-13-29(14-9-23)22(30)20-5-2-10-27-21(20)17-6-11-26-12-7-17/h1-7,10-12H,8-9,13-15H2. The number of nitriles is 1.